The first-order valence-electron chi connectivity index (χ1n) is 6.49. The molecule has 2 aromatic carbocycles. The largest absolute Gasteiger partial charge is 0.492 e. The van der Waals surface area contributed by atoms with E-state index >= 15 is 0 Å². The Morgan fingerprint density at radius 3 is 2.55 bits per heavy atom. The van der Waals surface area contributed by atoms with Gasteiger partial charge in [0.05, 0.1) is 17.2 Å². The monoisotopic (exact) mass is 304 g/mol. The van der Waals surface area contributed by atoms with Crippen LogP contribution in [-0.2, 0) is 0 Å². The molecule has 6 nitrogen and oxygen atoms in total. The standard InChI is InChI=1S/C15H13FN2O4/c1-2-22-14-9-11(16)5-8-13(14)17-15(19)10-3-6-12(7-4-10)18(20)21/h3-9H,2H2,1H3,(H,17,19). The molecule has 0 saturated carbocycles. The smallest absolute Gasteiger partial charge is 0.269 e. The quantitative estimate of drug-likeness (QED) is 0.678. The van der Waals surface area contributed by atoms with E-state index < -0.39 is 16.6 Å². The number of carbonyl (C=O) groups is 1. The summed E-state index contributed by atoms with van der Waals surface area (Å²) < 4.78 is 18.5. The van der Waals surface area contributed by atoms with Crippen molar-refractivity contribution >= 4 is 17.3 Å². The van der Waals surface area contributed by atoms with Gasteiger partial charge in [-0.15, -0.1) is 0 Å². The van der Waals surface area contributed by atoms with Crippen LogP contribution in [0.15, 0.2) is 42.5 Å². The molecule has 0 spiro atoms. The minimum absolute atomic E-state index is 0.103. The van der Waals surface area contributed by atoms with Crippen molar-refractivity contribution in [1.29, 1.82) is 0 Å². The van der Waals surface area contributed by atoms with Crippen LogP contribution in [0.1, 0.15) is 17.3 Å². The zero-order valence-corrected chi connectivity index (χ0v) is 11.7. The molecule has 0 aliphatic rings. The number of hydrogen-bond donors (Lipinski definition) is 1. The number of anilines is 1. The van der Waals surface area contributed by atoms with Crippen molar-refractivity contribution in [3.8, 4) is 5.75 Å². The van der Waals surface area contributed by atoms with Crippen molar-refractivity contribution < 1.29 is 18.8 Å². The van der Waals surface area contributed by atoms with Gasteiger partial charge in [0.15, 0.2) is 0 Å². The lowest BCUT2D eigenvalue weighted by Crippen LogP contribution is -2.13. The SMILES string of the molecule is CCOc1cc(F)ccc1NC(=O)c1ccc([N+](=O)[O-])cc1. The van der Waals surface area contributed by atoms with Gasteiger partial charge in [-0.25, -0.2) is 4.39 Å². The maximum Gasteiger partial charge on any atom is 0.269 e. The number of non-ortho nitro benzene ring substituents is 1. The molecule has 1 N–H and O–H groups in total. The highest BCUT2D eigenvalue weighted by Crippen LogP contribution is 2.26. The fourth-order valence-electron chi connectivity index (χ4n) is 1.80. The lowest BCUT2D eigenvalue weighted by atomic mass is 10.2. The lowest BCUT2D eigenvalue weighted by molar-refractivity contribution is -0.384. The molecule has 114 valence electrons. The van der Waals surface area contributed by atoms with E-state index in [2.05, 4.69) is 5.32 Å². The summed E-state index contributed by atoms with van der Waals surface area (Å²) >= 11 is 0. The van der Waals surface area contributed by atoms with E-state index in [-0.39, 0.29) is 17.0 Å². The number of nitro benzene ring substituents is 1. The predicted octanol–water partition coefficient (Wildman–Crippen LogP) is 3.38. The molecule has 7 heteroatoms. The molecule has 0 bridgehead atoms. The Morgan fingerprint density at radius 2 is 1.95 bits per heavy atom. The Balaban J connectivity index is 2.19. The van der Waals surface area contributed by atoms with Crippen LogP contribution in [0.25, 0.3) is 0 Å². The molecule has 1 amide bonds. The van der Waals surface area contributed by atoms with Crippen LogP contribution in [0.4, 0.5) is 15.8 Å². The van der Waals surface area contributed by atoms with Gasteiger partial charge in [-0.3, -0.25) is 14.9 Å². The summed E-state index contributed by atoms with van der Waals surface area (Å²) in [5.41, 5.74) is 0.470. The molecule has 2 rings (SSSR count). The summed E-state index contributed by atoms with van der Waals surface area (Å²) in [4.78, 5) is 22.1. The zero-order valence-electron chi connectivity index (χ0n) is 11.7. The van der Waals surface area contributed by atoms with E-state index in [4.69, 9.17) is 4.74 Å². The van der Waals surface area contributed by atoms with Crippen LogP contribution in [0.3, 0.4) is 0 Å². The number of benzene rings is 2. The highest BCUT2D eigenvalue weighted by molar-refractivity contribution is 6.05. The van der Waals surface area contributed by atoms with E-state index in [0.717, 1.165) is 0 Å². The first-order valence-corrected chi connectivity index (χ1v) is 6.49. The minimum Gasteiger partial charge on any atom is -0.492 e. The van der Waals surface area contributed by atoms with Crippen LogP contribution in [0, 0.1) is 15.9 Å². The van der Waals surface area contributed by atoms with Crippen molar-refractivity contribution in [2.45, 2.75) is 6.92 Å². The van der Waals surface area contributed by atoms with Gasteiger partial charge >= 0.3 is 0 Å². The molecular weight excluding hydrogens is 291 g/mol. The number of hydrogen-bond acceptors (Lipinski definition) is 4. The Labute approximate surface area is 125 Å². The topological polar surface area (TPSA) is 81.5 Å². The summed E-state index contributed by atoms with van der Waals surface area (Å²) in [5, 5.41) is 13.2. The summed E-state index contributed by atoms with van der Waals surface area (Å²) in [6.45, 7) is 2.07. The second-order valence-electron chi connectivity index (χ2n) is 4.33. The van der Waals surface area contributed by atoms with Crippen LogP contribution in [-0.4, -0.2) is 17.4 Å². The summed E-state index contributed by atoms with van der Waals surface area (Å²) in [7, 11) is 0. The fourth-order valence-corrected chi connectivity index (χ4v) is 1.80. The number of halogens is 1. The maximum atomic E-state index is 13.2. The van der Waals surface area contributed by atoms with Crippen LogP contribution >= 0.6 is 0 Å². The first kappa shape index (κ1) is 15.4. The molecule has 0 saturated heterocycles. The van der Waals surface area contributed by atoms with E-state index in [0.29, 0.717) is 12.3 Å². The van der Waals surface area contributed by atoms with Gasteiger partial charge < -0.3 is 10.1 Å². The molecule has 0 radical (unpaired) electrons. The van der Waals surface area contributed by atoms with Crippen molar-refractivity contribution in [1.82, 2.24) is 0 Å². The third-order valence-electron chi connectivity index (χ3n) is 2.83. The Hall–Kier alpha value is -2.96. The number of nitrogens with one attached hydrogen (secondary N) is 1. The average Bonchev–Trinajstić information content (AvgIpc) is 2.50. The van der Waals surface area contributed by atoms with Crippen LogP contribution < -0.4 is 10.1 Å². The summed E-state index contributed by atoms with van der Waals surface area (Å²) in [5.74, 6) is -0.725. The van der Waals surface area contributed by atoms with Gasteiger partial charge in [0.1, 0.15) is 11.6 Å². The Bertz CT molecular complexity index is 701. The summed E-state index contributed by atoms with van der Waals surface area (Å²) in [6.07, 6.45) is 0. The van der Waals surface area contributed by atoms with Crippen molar-refractivity contribution in [3.63, 3.8) is 0 Å². The Morgan fingerprint density at radius 1 is 1.27 bits per heavy atom. The minimum atomic E-state index is -0.547. The van der Waals surface area contributed by atoms with Crippen molar-refractivity contribution in [3.05, 3.63) is 64.0 Å². The van der Waals surface area contributed by atoms with Crippen LogP contribution in [0.2, 0.25) is 0 Å². The van der Waals surface area contributed by atoms with Gasteiger partial charge in [0.2, 0.25) is 0 Å². The van der Waals surface area contributed by atoms with Gasteiger partial charge in [0, 0.05) is 23.8 Å². The van der Waals surface area contributed by atoms with E-state index in [1.54, 1.807) is 6.92 Å². The molecule has 0 fully saturated rings. The number of ether oxygens (including phenoxy) is 1. The second kappa shape index (κ2) is 6.66. The van der Waals surface area contributed by atoms with Gasteiger partial charge in [0.25, 0.3) is 11.6 Å². The molecule has 0 aromatic heterocycles. The fraction of sp³-hybridized carbons (Fsp3) is 0.133. The number of amides is 1. The lowest BCUT2D eigenvalue weighted by Gasteiger charge is -2.11. The molecule has 0 heterocycles. The predicted molar refractivity (Wildman–Crippen MR) is 78.6 cm³/mol. The number of nitro groups is 1. The highest BCUT2D eigenvalue weighted by atomic mass is 19.1. The van der Waals surface area contributed by atoms with Gasteiger partial charge in [-0.05, 0) is 31.2 Å². The molecular formula is C15H13FN2O4. The third kappa shape index (κ3) is 3.57. The average molecular weight is 304 g/mol. The van der Waals surface area contributed by atoms with Gasteiger partial charge in [-0.1, -0.05) is 0 Å². The number of rotatable bonds is 5. The molecule has 0 aliphatic heterocycles. The number of carbonyl (C=O) groups excluding carboxylic acids is 1. The normalized spacial score (nSPS) is 10.1. The highest BCUT2D eigenvalue weighted by Gasteiger charge is 2.12. The van der Waals surface area contributed by atoms with E-state index in [9.17, 15) is 19.3 Å². The van der Waals surface area contributed by atoms with E-state index in [1.165, 1.54) is 42.5 Å². The molecule has 0 aliphatic carbocycles. The third-order valence-corrected chi connectivity index (χ3v) is 2.83. The van der Waals surface area contributed by atoms with Crippen LogP contribution in [0.5, 0.6) is 5.75 Å². The summed E-state index contributed by atoms with van der Waals surface area (Å²) in [6, 6.07) is 8.94. The molecule has 0 unspecified atom stereocenters. The zero-order chi connectivity index (χ0) is 16.1. The molecule has 2 aromatic rings. The van der Waals surface area contributed by atoms with Gasteiger partial charge in [-0.2, -0.15) is 0 Å². The molecule has 22 heavy (non-hydrogen) atoms. The second-order valence-corrected chi connectivity index (χ2v) is 4.33. The maximum absolute atomic E-state index is 13.2. The Kier molecular flexibility index (Phi) is 4.67. The van der Waals surface area contributed by atoms with Crippen molar-refractivity contribution in [2.75, 3.05) is 11.9 Å². The molecule has 0 atom stereocenters. The first-order chi connectivity index (χ1) is 10.5. The number of nitrogens with zero attached hydrogens (tertiary/aromatic N) is 1. The van der Waals surface area contributed by atoms with Crippen molar-refractivity contribution in [2.24, 2.45) is 0 Å². The van der Waals surface area contributed by atoms with E-state index in [1.807, 2.05) is 0 Å².